The minimum Gasteiger partial charge on any atom is -0.358 e. The molecule has 0 aromatic heterocycles. The topological polar surface area (TPSA) is 89.3 Å². The minimum absolute atomic E-state index is 0.00479. The van der Waals surface area contributed by atoms with E-state index in [1.54, 1.807) is 0 Å². The van der Waals surface area contributed by atoms with E-state index in [4.69, 9.17) is 5.73 Å². The van der Waals surface area contributed by atoms with Crippen LogP contribution in [-0.4, -0.2) is 27.1 Å². The van der Waals surface area contributed by atoms with Crippen LogP contribution in [0.15, 0.2) is 18.2 Å². The third kappa shape index (κ3) is 4.08. The van der Waals surface area contributed by atoms with E-state index in [9.17, 15) is 17.6 Å². The maximum Gasteiger partial charge on any atom is 0.234 e. The Morgan fingerprint density at radius 3 is 2.67 bits per heavy atom. The molecular formula is C11H15FN2O3S. The van der Waals surface area contributed by atoms with Crippen molar-refractivity contribution in [3.05, 3.63) is 35.1 Å². The molecule has 3 N–H and O–H groups in total. The van der Waals surface area contributed by atoms with Gasteiger partial charge in [-0.3, -0.25) is 4.79 Å². The number of benzene rings is 1. The van der Waals surface area contributed by atoms with E-state index in [2.05, 4.69) is 5.32 Å². The first-order valence-corrected chi connectivity index (χ1v) is 7.08. The fourth-order valence-corrected chi connectivity index (χ4v) is 2.78. The molecule has 0 atom stereocenters. The van der Waals surface area contributed by atoms with Gasteiger partial charge in [0.05, 0.1) is 5.75 Å². The van der Waals surface area contributed by atoms with Crippen LogP contribution in [0.5, 0.6) is 0 Å². The van der Waals surface area contributed by atoms with E-state index in [0.717, 1.165) is 0 Å². The van der Waals surface area contributed by atoms with Crippen molar-refractivity contribution in [2.24, 2.45) is 5.73 Å². The molecule has 18 heavy (non-hydrogen) atoms. The zero-order valence-corrected chi connectivity index (χ0v) is 10.8. The van der Waals surface area contributed by atoms with Crippen LogP contribution in [0.2, 0.25) is 0 Å². The van der Waals surface area contributed by atoms with Crippen molar-refractivity contribution in [3.8, 4) is 0 Å². The molecular weight excluding hydrogens is 259 g/mol. The molecule has 1 aromatic carbocycles. The summed E-state index contributed by atoms with van der Waals surface area (Å²) >= 11 is 0. The predicted octanol–water partition coefficient (Wildman–Crippen LogP) is -0.0548. The Morgan fingerprint density at radius 1 is 1.44 bits per heavy atom. The fourth-order valence-electron chi connectivity index (χ4n) is 1.45. The van der Waals surface area contributed by atoms with Gasteiger partial charge in [-0.05, 0) is 11.6 Å². The van der Waals surface area contributed by atoms with Gasteiger partial charge in [0.2, 0.25) is 5.91 Å². The van der Waals surface area contributed by atoms with Crippen LogP contribution in [0.3, 0.4) is 0 Å². The molecule has 0 fully saturated rings. The van der Waals surface area contributed by atoms with E-state index in [1.165, 1.54) is 25.2 Å². The van der Waals surface area contributed by atoms with E-state index < -0.39 is 27.3 Å². The van der Waals surface area contributed by atoms with Crippen LogP contribution in [0.25, 0.3) is 0 Å². The van der Waals surface area contributed by atoms with Crippen molar-refractivity contribution in [2.45, 2.75) is 12.3 Å². The highest BCUT2D eigenvalue weighted by Gasteiger charge is 2.17. The number of rotatable bonds is 5. The standard InChI is InChI=1S/C11H15FN2O3S/c1-14-11(15)7-18(16,17)6-8-2-3-10(12)9(4-8)5-13/h2-4H,5-7,13H2,1H3,(H,14,15). The maximum absolute atomic E-state index is 13.2. The number of nitrogens with one attached hydrogen (secondary N) is 1. The monoisotopic (exact) mass is 274 g/mol. The number of amides is 1. The first-order chi connectivity index (χ1) is 8.38. The number of halogens is 1. The molecule has 0 aliphatic carbocycles. The normalized spacial score (nSPS) is 11.3. The number of hydrogen-bond donors (Lipinski definition) is 2. The highest BCUT2D eigenvalue weighted by Crippen LogP contribution is 2.13. The molecule has 0 aliphatic rings. The van der Waals surface area contributed by atoms with Gasteiger partial charge in [0.25, 0.3) is 0 Å². The van der Waals surface area contributed by atoms with Crippen molar-refractivity contribution >= 4 is 15.7 Å². The van der Waals surface area contributed by atoms with Gasteiger partial charge in [-0.1, -0.05) is 12.1 Å². The third-order valence-corrected chi connectivity index (χ3v) is 3.82. The average molecular weight is 274 g/mol. The summed E-state index contributed by atoms with van der Waals surface area (Å²) < 4.78 is 36.5. The molecule has 0 aliphatic heterocycles. The van der Waals surface area contributed by atoms with Gasteiger partial charge in [0.1, 0.15) is 11.6 Å². The molecule has 0 spiro atoms. The lowest BCUT2D eigenvalue weighted by atomic mass is 10.1. The Kier molecular flexibility index (Phi) is 4.80. The van der Waals surface area contributed by atoms with Crippen molar-refractivity contribution in [2.75, 3.05) is 12.8 Å². The number of carbonyl (C=O) groups excluding carboxylic acids is 1. The van der Waals surface area contributed by atoms with Gasteiger partial charge >= 0.3 is 0 Å². The summed E-state index contributed by atoms with van der Waals surface area (Å²) in [5.74, 6) is -1.94. The number of sulfone groups is 1. The first-order valence-electron chi connectivity index (χ1n) is 5.26. The Bertz CT molecular complexity index is 543. The summed E-state index contributed by atoms with van der Waals surface area (Å²) in [6, 6.07) is 3.94. The largest absolute Gasteiger partial charge is 0.358 e. The van der Waals surface area contributed by atoms with E-state index in [1.807, 2.05) is 0 Å². The molecule has 0 heterocycles. The van der Waals surface area contributed by atoms with Crippen LogP contribution >= 0.6 is 0 Å². The lowest BCUT2D eigenvalue weighted by Gasteiger charge is -2.06. The zero-order chi connectivity index (χ0) is 13.8. The zero-order valence-electron chi connectivity index (χ0n) is 9.94. The number of nitrogens with two attached hydrogens (primary N) is 1. The highest BCUT2D eigenvalue weighted by molar-refractivity contribution is 7.91. The molecule has 1 rings (SSSR count). The average Bonchev–Trinajstić information content (AvgIpc) is 2.30. The Balaban J connectivity index is 2.87. The summed E-state index contributed by atoms with van der Waals surface area (Å²) in [5, 5.41) is 2.24. The van der Waals surface area contributed by atoms with Crippen molar-refractivity contribution in [1.82, 2.24) is 5.32 Å². The Hall–Kier alpha value is -1.47. The van der Waals surface area contributed by atoms with Gasteiger partial charge in [-0.25, -0.2) is 12.8 Å². The molecule has 0 bridgehead atoms. The van der Waals surface area contributed by atoms with Gasteiger partial charge in [-0.15, -0.1) is 0 Å². The molecule has 0 unspecified atom stereocenters. The molecule has 0 radical (unpaired) electrons. The molecule has 0 saturated heterocycles. The van der Waals surface area contributed by atoms with Gasteiger partial charge in [0, 0.05) is 19.2 Å². The summed E-state index contributed by atoms with van der Waals surface area (Å²) in [6.07, 6.45) is 0. The summed E-state index contributed by atoms with van der Waals surface area (Å²) in [4.78, 5) is 11.0. The molecule has 0 saturated carbocycles. The van der Waals surface area contributed by atoms with E-state index in [0.29, 0.717) is 5.56 Å². The van der Waals surface area contributed by atoms with E-state index in [-0.39, 0.29) is 17.9 Å². The summed E-state index contributed by atoms with van der Waals surface area (Å²) in [5.41, 5.74) is 6.00. The van der Waals surface area contributed by atoms with Crippen molar-refractivity contribution in [1.29, 1.82) is 0 Å². The molecule has 7 heteroatoms. The fraction of sp³-hybridized carbons (Fsp3) is 0.364. The highest BCUT2D eigenvalue weighted by atomic mass is 32.2. The quantitative estimate of drug-likeness (QED) is 0.787. The Morgan fingerprint density at radius 2 is 2.11 bits per heavy atom. The smallest absolute Gasteiger partial charge is 0.234 e. The molecule has 1 amide bonds. The van der Waals surface area contributed by atoms with Crippen LogP contribution in [0.4, 0.5) is 4.39 Å². The van der Waals surface area contributed by atoms with Crippen LogP contribution in [0, 0.1) is 5.82 Å². The second-order valence-electron chi connectivity index (χ2n) is 3.84. The van der Waals surface area contributed by atoms with Gasteiger partial charge in [0.15, 0.2) is 9.84 Å². The Labute approximate surface area is 105 Å². The SMILES string of the molecule is CNC(=O)CS(=O)(=O)Cc1ccc(F)c(CN)c1. The van der Waals surface area contributed by atoms with E-state index >= 15 is 0 Å². The second-order valence-corrected chi connectivity index (χ2v) is 5.90. The summed E-state index contributed by atoms with van der Waals surface area (Å²) in [6.45, 7) is -0.00479. The molecule has 1 aromatic rings. The third-order valence-electron chi connectivity index (χ3n) is 2.35. The van der Waals surface area contributed by atoms with Gasteiger partial charge in [-0.2, -0.15) is 0 Å². The van der Waals surface area contributed by atoms with Crippen molar-refractivity contribution in [3.63, 3.8) is 0 Å². The maximum atomic E-state index is 13.2. The molecule has 100 valence electrons. The van der Waals surface area contributed by atoms with Crippen LogP contribution < -0.4 is 11.1 Å². The van der Waals surface area contributed by atoms with Crippen molar-refractivity contribution < 1.29 is 17.6 Å². The number of carbonyl (C=O) groups is 1. The number of hydrogen-bond acceptors (Lipinski definition) is 4. The minimum atomic E-state index is -3.56. The molecule has 5 nitrogen and oxygen atoms in total. The summed E-state index contributed by atoms with van der Waals surface area (Å²) in [7, 11) is -2.20. The lowest BCUT2D eigenvalue weighted by Crippen LogP contribution is -2.27. The first kappa shape index (κ1) is 14.6. The van der Waals surface area contributed by atoms with Gasteiger partial charge < -0.3 is 11.1 Å². The van der Waals surface area contributed by atoms with Crippen LogP contribution in [0.1, 0.15) is 11.1 Å². The lowest BCUT2D eigenvalue weighted by molar-refractivity contribution is -0.118. The predicted molar refractivity (Wildman–Crippen MR) is 65.8 cm³/mol. The second kappa shape index (κ2) is 5.92. The van der Waals surface area contributed by atoms with Crippen LogP contribution in [-0.2, 0) is 26.9 Å².